The minimum Gasteiger partial charge on any atom is -0.356 e. The van der Waals surface area contributed by atoms with E-state index in [2.05, 4.69) is 10.6 Å². The maximum absolute atomic E-state index is 11.5. The fourth-order valence-corrected chi connectivity index (χ4v) is 2.94. The van der Waals surface area contributed by atoms with E-state index in [9.17, 15) is 4.79 Å². The van der Waals surface area contributed by atoms with Crippen molar-refractivity contribution in [2.24, 2.45) is 11.3 Å². The molecule has 0 aromatic carbocycles. The predicted molar refractivity (Wildman–Crippen MR) is 60.6 cm³/mol. The van der Waals surface area contributed by atoms with Crippen LogP contribution in [0, 0.1) is 11.3 Å². The lowest BCUT2D eigenvalue weighted by Gasteiger charge is -2.12. The highest BCUT2D eigenvalue weighted by Gasteiger charge is 2.56. The highest BCUT2D eigenvalue weighted by Crippen LogP contribution is 2.63. The van der Waals surface area contributed by atoms with Gasteiger partial charge in [-0.3, -0.25) is 4.79 Å². The van der Waals surface area contributed by atoms with Crippen molar-refractivity contribution in [1.82, 2.24) is 10.6 Å². The first-order valence-corrected chi connectivity index (χ1v) is 6.18. The maximum atomic E-state index is 11.5. The SMILES string of the molecule is CNCCCC(=O)NC[C@@]12CCC[C@@H]1C2. The zero-order chi connectivity index (χ0) is 10.7. The molecular weight excluding hydrogens is 188 g/mol. The van der Waals surface area contributed by atoms with Gasteiger partial charge in [0.2, 0.25) is 5.91 Å². The summed E-state index contributed by atoms with van der Waals surface area (Å²) in [6.45, 7) is 1.87. The second kappa shape index (κ2) is 4.52. The number of fused-ring (bicyclic) bond motifs is 1. The molecule has 1 amide bonds. The molecule has 0 aromatic rings. The van der Waals surface area contributed by atoms with E-state index < -0.39 is 0 Å². The van der Waals surface area contributed by atoms with E-state index >= 15 is 0 Å². The largest absolute Gasteiger partial charge is 0.356 e. The molecule has 2 fully saturated rings. The second-order valence-electron chi connectivity index (χ2n) is 5.14. The second-order valence-corrected chi connectivity index (χ2v) is 5.14. The van der Waals surface area contributed by atoms with Gasteiger partial charge in [-0.2, -0.15) is 0 Å². The number of nitrogens with one attached hydrogen (secondary N) is 2. The summed E-state index contributed by atoms with van der Waals surface area (Å²) in [6, 6.07) is 0. The van der Waals surface area contributed by atoms with Gasteiger partial charge in [-0.05, 0) is 50.6 Å². The third-order valence-electron chi connectivity index (χ3n) is 4.05. The summed E-state index contributed by atoms with van der Waals surface area (Å²) in [6.07, 6.45) is 7.09. The van der Waals surface area contributed by atoms with E-state index in [-0.39, 0.29) is 5.91 Å². The average Bonchev–Trinajstić information content (AvgIpc) is 2.79. The minimum atomic E-state index is 0.233. The Hall–Kier alpha value is -0.570. The molecule has 3 nitrogen and oxygen atoms in total. The van der Waals surface area contributed by atoms with E-state index in [1.807, 2.05) is 7.05 Å². The van der Waals surface area contributed by atoms with Crippen molar-refractivity contribution in [3.05, 3.63) is 0 Å². The molecule has 0 aromatic heterocycles. The first kappa shape index (κ1) is 10.9. The van der Waals surface area contributed by atoms with Crippen LogP contribution in [0.3, 0.4) is 0 Å². The molecule has 2 rings (SSSR count). The van der Waals surface area contributed by atoms with Crippen LogP contribution in [-0.4, -0.2) is 26.0 Å². The molecular formula is C12H22N2O. The summed E-state index contributed by atoms with van der Waals surface area (Å²) in [5.41, 5.74) is 0.540. The van der Waals surface area contributed by atoms with E-state index in [1.165, 1.54) is 25.7 Å². The lowest BCUT2D eigenvalue weighted by atomic mass is 10.0. The number of rotatable bonds is 6. The Morgan fingerprint density at radius 1 is 1.53 bits per heavy atom. The third-order valence-corrected chi connectivity index (χ3v) is 4.05. The van der Waals surface area contributed by atoms with Gasteiger partial charge in [0, 0.05) is 13.0 Å². The molecule has 0 spiro atoms. The van der Waals surface area contributed by atoms with Crippen LogP contribution in [0.25, 0.3) is 0 Å². The summed E-state index contributed by atoms with van der Waals surface area (Å²) < 4.78 is 0. The lowest BCUT2D eigenvalue weighted by molar-refractivity contribution is -0.121. The van der Waals surface area contributed by atoms with Crippen LogP contribution in [0.1, 0.15) is 38.5 Å². The summed E-state index contributed by atoms with van der Waals surface area (Å²) in [5.74, 6) is 1.17. The Bertz CT molecular complexity index is 242. The fraction of sp³-hybridized carbons (Fsp3) is 0.917. The van der Waals surface area contributed by atoms with E-state index in [0.717, 1.165) is 25.4 Å². The molecule has 0 aliphatic heterocycles. The van der Waals surface area contributed by atoms with Crippen LogP contribution in [0.5, 0.6) is 0 Å². The van der Waals surface area contributed by atoms with Gasteiger partial charge >= 0.3 is 0 Å². The number of amides is 1. The molecule has 15 heavy (non-hydrogen) atoms. The maximum Gasteiger partial charge on any atom is 0.220 e. The molecule has 2 aliphatic carbocycles. The summed E-state index contributed by atoms with van der Waals surface area (Å²) in [5, 5.41) is 6.15. The zero-order valence-electron chi connectivity index (χ0n) is 9.64. The van der Waals surface area contributed by atoms with Crippen molar-refractivity contribution >= 4 is 5.91 Å². The van der Waals surface area contributed by atoms with Crippen molar-refractivity contribution in [3.63, 3.8) is 0 Å². The van der Waals surface area contributed by atoms with Crippen molar-refractivity contribution < 1.29 is 4.79 Å². The van der Waals surface area contributed by atoms with E-state index in [0.29, 0.717) is 11.8 Å². The molecule has 86 valence electrons. The van der Waals surface area contributed by atoms with E-state index in [4.69, 9.17) is 0 Å². The Balaban J connectivity index is 1.59. The van der Waals surface area contributed by atoms with Gasteiger partial charge in [-0.15, -0.1) is 0 Å². The zero-order valence-corrected chi connectivity index (χ0v) is 9.64. The van der Waals surface area contributed by atoms with Gasteiger partial charge in [-0.25, -0.2) is 0 Å². The molecule has 2 atom stereocenters. The Kier molecular flexibility index (Phi) is 3.29. The van der Waals surface area contributed by atoms with Gasteiger partial charge < -0.3 is 10.6 Å². The standard InChI is InChI=1S/C12H22N2O/c1-13-7-3-5-11(15)14-9-12-6-2-4-10(12)8-12/h10,13H,2-9H2,1H3,(H,14,15)/t10-,12+/m1/s1. The minimum absolute atomic E-state index is 0.233. The fourth-order valence-electron chi connectivity index (χ4n) is 2.94. The van der Waals surface area contributed by atoms with Gasteiger partial charge in [0.1, 0.15) is 0 Å². The average molecular weight is 210 g/mol. The number of carbonyl (C=O) groups excluding carboxylic acids is 1. The first-order valence-electron chi connectivity index (χ1n) is 6.18. The van der Waals surface area contributed by atoms with Crippen molar-refractivity contribution in [2.45, 2.75) is 38.5 Å². The molecule has 2 aliphatic rings. The highest BCUT2D eigenvalue weighted by atomic mass is 16.1. The van der Waals surface area contributed by atoms with Crippen LogP contribution in [0.4, 0.5) is 0 Å². The lowest BCUT2D eigenvalue weighted by Crippen LogP contribution is -2.30. The van der Waals surface area contributed by atoms with Gasteiger partial charge in [0.15, 0.2) is 0 Å². The summed E-state index contributed by atoms with van der Waals surface area (Å²) >= 11 is 0. The van der Waals surface area contributed by atoms with Gasteiger partial charge in [0.05, 0.1) is 0 Å². The Morgan fingerprint density at radius 3 is 3.00 bits per heavy atom. The summed E-state index contributed by atoms with van der Waals surface area (Å²) in [4.78, 5) is 11.5. The summed E-state index contributed by atoms with van der Waals surface area (Å²) in [7, 11) is 1.92. The quantitative estimate of drug-likeness (QED) is 0.649. The monoisotopic (exact) mass is 210 g/mol. The molecule has 0 unspecified atom stereocenters. The number of hydrogen-bond donors (Lipinski definition) is 2. The van der Waals surface area contributed by atoms with Crippen LogP contribution < -0.4 is 10.6 Å². The number of carbonyl (C=O) groups is 1. The molecule has 3 heteroatoms. The topological polar surface area (TPSA) is 41.1 Å². The molecule has 0 saturated heterocycles. The first-order chi connectivity index (χ1) is 7.27. The van der Waals surface area contributed by atoms with Crippen LogP contribution in [0.2, 0.25) is 0 Å². The van der Waals surface area contributed by atoms with Crippen LogP contribution >= 0.6 is 0 Å². The third kappa shape index (κ3) is 2.51. The normalized spacial score (nSPS) is 32.5. The number of hydrogen-bond acceptors (Lipinski definition) is 2. The van der Waals surface area contributed by atoms with Crippen molar-refractivity contribution in [1.29, 1.82) is 0 Å². The van der Waals surface area contributed by atoms with Crippen LogP contribution in [-0.2, 0) is 4.79 Å². The van der Waals surface area contributed by atoms with Crippen molar-refractivity contribution in [2.75, 3.05) is 20.1 Å². The molecule has 2 saturated carbocycles. The van der Waals surface area contributed by atoms with Crippen LogP contribution in [0.15, 0.2) is 0 Å². The Morgan fingerprint density at radius 2 is 2.40 bits per heavy atom. The van der Waals surface area contributed by atoms with E-state index in [1.54, 1.807) is 0 Å². The Labute approximate surface area is 92.0 Å². The smallest absolute Gasteiger partial charge is 0.220 e. The van der Waals surface area contributed by atoms with Gasteiger partial charge in [0.25, 0.3) is 0 Å². The predicted octanol–water partition coefficient (Wildman–Crippen LogP) is 1.29. The van der Waals surface area contributed by atoms with Gasteiger partial charge in [-0.1, -0.05) is 6.42 Å². The highest BCUT2D eigenvalue weighted by molar-refractivity contribution is 5.75. The molecule has 2 N–H and O–H groups in total. The molecule has 0 heterocycles. The van der Waals surface area contributed by atoms with Crippen molar-refractivity contribution in [3.8, 4) is 0 Å². The molecule has 0 bridgehead atoms. The molecule has 0 radical (unpaired) electrons.